The fourth-order valence-corrected chi connectivity index (χ4v) is 7.22. The molecule has 6 rings (SSSR count). The predicted molar refractivity (Wildman–Crippen MR) is 157 cm³/mol. The van der Waals surface area contributed by atoms with Gasteiger partial charge in [0.2, 0.25) is 0 Å². The lowest BCUT2D eigenvalue weighted by molar-refractivity contribution is -0.0959. The second-order valence-electron chi connectivity index (χ2n) is 12.4. The van der Waals surface area contributed by atoms with Crippen molar-refractivity contribution in [2.24, 2.45) is 5.41 Å². The van der Waals surface area contributed by atoms with Crippen molar-refractivity contribution in [2.75, 3.05) is 40.0 Å². The van der Waals surface area contributed by atoms with Crippen LogP contribution in [-0.2, 0) is 11.2 Å². The van der Waals surface area contributed by atoms with E-state index in [0.29, 0.717) is 55.9 Å². The SMILES string of the molecule is COc1ccc(C(=O)c2cc3ccc2C2CCC(O)(CN4CCOCC4)C2(C)CCC=C(C)CCC(O)C3)cc1. The maximum Gasteiger partial charge on any atom is 0.193 e. The molecule has 40 heavy (non-hydrogen) atoms. The molecule has 1 saturated heterocycles. The summed E-state index contributed by atoms with van der Waals surface area (Å²) in [6.07, 6.45) is 7.09. The van der Waals surface area contributed by atoms with Gasteiger partial charge in [0.05, 0.1) is 32.0 Å². The number of aliphatic hydroxyl groups is 2. The predicted octanol–water partition coefficient (Wildman–Crippen LogP) is 5.30. The minimum Gasteiger partial charge on any atom is -0.497 e. The van der Waals surface area contributed by atoms with E-state index in [1.165, 1.54) is 5.57 Å². The number of hydrogen-bond acceptors (Lipinski definition) is 6. The largest absolute Gasteiger partial charge is 0.497 e. The molecule has 2 aromatic rings. The number of hydrogen-bond donors (Lipinski definition) is 2. The molecule has 1 aliphatic heterocycles. The van der Waals surface area contributed by atoms with Crippen molar-refractivity contribution in [1.82, 2.24) is 4.90 Å². The lowest BCUT2D eigenvalue weighted by Crippen LogP contribution is -2.54. The van der Waals surface area contributed by atoms with E-state index in [1.807, 2.05) is 30.3 Å². The number of benzene rings is 2. The van der Waals surface area contributed by atoms with Crippen molar-refractivity contribution in [3.63, 3.8) is 0 Å². The summed E-state index contributed by atoms with van der Waals surface area (Å²) in [6, 6.07) is 13.5. The molecule has 6 heteroatoms. The van der Waals surface area contributed by atoms with Gasteiger partial charge in [-0.25, -0.2) is 0 Å². The van der Waals surface area contributed by atoms with Crippen molar-refractivity contribution in [1.29, 1.82) is 0 Å². The summed E-state index contributed by atoms with van der Waals surface area (Å²) in [7, 11) is 1.62. The number of carbonyl (C=O) groups excluding carboxylic acids is 1. The van der Waals surface area contributed by atoms with Gasteiger partial charge in [0.1, 0.15) is 5.75 Å². The normalized spacial score (nSPS) is 29.9. The summed E-state index contributed by atoms with van der Waals surface area (Å²) in [5.74, 6) is 0.720. The van der Waals surface area contributed by atoms with Crippen LogP contribution in [0.4, 0.5) is 0 Å². The van der Waals surface area contributed by atoms with Crippen LogP contribution in [0.2, 0.25) is 0 Å². The number of methoxy groups -OCH3 is 1. The smallest absolute Gasteiger partial charge is 0.193 e. The van der Waals surface area contributed by atoms with Crippen LogP contribution < -0.4 is 4.74 Å². The molecule has 4 unspecified atom stereocenters. The second-order valence-corrected chi connectivity index (χ2v) is 12.4. The zero-order valence-corrected chi connectivity index (χ0v) is 24.3. The first-order valence-electron chi connectivity index (χ1n) is 14.9. The minimum absolute atomic E-state index is 0.0252. The first-order chi connectivity index (χ1) is 19.2. The summed E-state index contributed by atoms with van der Waals surface area (Å²) in [6.45, 7) is 8.09. The van der Waals surface area contributed by atoms with Gasteiger partial charge in [-0.05, 0) is 99.2 Å². The molecule has 2 fully saturated rings. The molecule has 216 valence electrons. The average molecular weight is 548 g/mol. The number of ketones is 1. The molecule has 4 aliphatic rings. The topological polar surface area (TPSA) is 79.2 Å². The first kappa shape index (κ1) is 29.0. The average Bonchev–Trinajstić information content (AvgIpc) is 3.21. The highest BCUT2D eigenvalue weighted by atomic mass is 16.5. The van der Waals surface area contributed by atoms with Gasteiger partial charge in [-0.3, -0.25) is 9.69 Å². The Kier molecular flexibility index (Phi) is 8.81. The van der Waals surface area contributed by atoms with Gasteiger partial charge in [0.25, 0.3) is 0 Å². The maximum absolute atomic E-state index is 14.1. The van der Waals surface area contributed by atoms with E-state index in [1.54, 1.807) is 7.11 Å². The van der Waals surface area contributed by atoms with Crippen molar-refractivity contribution >= 4 is 5.78 Å². The quantitative estimate of drug-likeness (QED) is 0.391. The molecule has 1 heterocycles. The van der Waals surface area contributed by atoms with E-state index in [4.69, 9.17) is 9.47 Å². The number of rotatable bonds is 5. The molecule has 0 radical (unpaired) electrons. The molecular weight excluding hydrogens is 502 g/mol. The Morgan fingerprint density at radius 1 is 1.10 bits per heavy atom. The van der Waals surface area contributed by atoms with Crippen LogP contribution >= 0.6 is 0 Å². The fourth-order valence-electron chi connectivity index (χ4n) is 7.22. The van der Waals surface area contributed by atoms with Gasteiger partial charge in [-0.15, -0.1) is 0 Å². The van der Waals surface area contributed by atoms with Crippen LogP contribution in [0.3, 0.4) is 0 Å². The number of carbonyl (C=O) groups is 1. The van der Waals surface area contributed by atoms with Crippen molar-refractivity contribution in [3.05, 3.63) is 76.4 Å². The van der Waals surface area contributed by atoms with Gasteiger partial charge < -0.3 is 19.7 Å². The van der Waals surface area contributed by atoms with Crippen LogP contribution in [-0.4, -0.2) is 72.6 Å². The number of morpholine rings is 1. The van der Waals surface area contributed by atoms with E-state index >= 15 is 0 Å². The first-order valence-corrected chi connectivity index (χ1v) is 14.9. The molecule has 0 amide bonds. The lowest BCUT2D eigenvalue weighted by atomic mass is 9.64. The molecule has 2 bridgehead atoms. The fraction of sp³-hybridized carbons (Fsp3) is 0.559. The third-order valence-electron chi connectivity index (χ3n) is 9.86. The monoisotopic (exact) mass is 547 g/mol. The van der Waals surface area contributed by atoms with Gasteiger partial charge in [-0.1, -0.05) is 30.7 Å². The minimum atomic E-state index is -0.872. The summed E-state index contributed by atoms with van der Waals surface area (Å²) < 4.78 is 10.9. The third-order valence-corrected chi connectivity index (χ3v) is 9.86. The summed E-state index contributed by atoms with van der Waals surface area (Å²) in [4.78, 5) is 16.4. The van der Waals surface area contributed by atoms with Gasteiger partial charge in [-0.2, -0.15) is 0 Å². The number of allylic oxidation sites excluding steroid dienone is 2. The van der Waals surface area contributed by atoms with E-state index in [0.717, 1.165) is 49.9 Å². The Balaban J connectivity index is 1.58. The molecule has 2 N–H and O–H groups in total. The highest BCUT2D eigenvalue weighted by molar-refractivity contribution is 6.10. The number of ether oxygens (including phenoxy) is 2. The molecule has 2 aromatic carbocycles. The van der Waals surface area contributed by atoms with Crippen molar-refractivity contribution < 1.29 is 24.5 Å². The van der Waals surface area contributed by atoms with E-state index < -0.39 is 17.1 Å². The standard InChI is InChI=1S/C34H45NO5/c1-24-5-4-15-33(2)31(14-16-34(33,38)23-35-17-19-40-20-18-35)29-13-7-25(21-27(36)10-6-24)22-30(29)32(37)26-8-11-28(39-3)12-9-26/h5,7-9,11-13,22,27,31,36,38H,4,6,10,14-21,23H2,1-3H3. The summed E-state index contributed by atoms with van der Waals surface area (Å²) in [5, 5.41) is 23.2. The lowest BCUT2D eigenvalue weighted by Gasteiger charge is -2.46. The van der Waals surface area contributed by atoms with Crippen LogP contribution in [0.5, 0.6) is 5.75 Å². The van der Waals surface area contributed by atoms with Crippen LogP contribution in [0.25, 0.3) is 0 Å². The molecular formula is C34H45NO5. The van der Waals surface area contributed by atoms with Crippen LogP contribution in [0.15, 0.2) is 54.1 Å². The summed E-state index contributed by atoms with van der Waals surface area (Å²) in [5.41, 5.74) is 3.28. The molecule has 0 aromatic heterocycles. The second kappa shape index (κ2) is 12.2. The van der Waals surface area contributed by atoms with Crippen LogP contribution in [0, 0.1) is 5.41 Å². The number of fused-ring (bicyclic) bond motifs is 8. The molecule has 0 spiro atoms. The van der Waals surface area contributed by atoms with Crippen molar-refractivity contribution in [2.45, 2.75) is 76.4 Å². The van der Waals surface area contributed by atoms with Gasteiger partial charge >= 0.3 is 0 Å². The zero-order chi connectivity index (χ0) is 28.3. The Morgan fingerprint density at radius 2 is 1.85 bits per heavy atom. The van der Waals surface area contributed by atoms with E-state index in [-0.39, 0.29) is 11.7 Å². The Morgan fingerprint density at radius 3 is 2.58 bits per heavy atom. The van der Waals surface area contributed by atoms with Crippen molar-refractivity contribution in [3.8, 4) is 5.75 Å². The molecule has 3 aliphatic carbocycles. The number of nitrogens with zero attached hydrogens (tertiary/aromatic N) is 1. The number of aliphatic hydroxyl groups excluding tert-OH is 1. The molecule has 4 atom stereocenters. The number of β-amino-alcohol motifs (C(OH)–C–C–N with tert-alkyl or cyclic N) is 1. The van der Waals surface area contributed by atoms with E-state index in [9.17, 15) is 15.0 Å². The Hall–Kier alpha value is -2.51. The Labute approximate surface area is 239 Å². The summed E-state index contributed by atoms with van der Waals surface area (Å²) >= 11 is 0. The Bertz CT molecular complexity index is 1220. The maximum atomic E-state index is 14.1. The van der Waals surface area contributed by atoms with Gasteiger partial charge in [0, 0.05) is 36.2 Å². The van der Waals surface area contributed by atoms with Crippen LogP contribution in [0.1, 0.15) is 85.3 Å². The zero-order valence-electron chi connectivity index (χ0n) is 24.3. The molecule has 6 nitrogen and oxygen atoms in total. The highest BCUT2D eigenvalue weighted by Gasteiger charge is 2.57. The van der Waals surface area contributed by atoms with E-state index in [2.05, 4.69) is 37.0 Å². The van der Waals surface area contributed by atoms with Gasteiger partial charge in [0.15, 0.2) is 5.78 Å². The molecule has 1 saturated carbocycles. The highest BCUT2D eigenvalue weighted by Crippen LogP contribution is 2.58. The third kappa shape index (κ3) is 5.91.